The summed E-state index contributed by atoms with van der Waals surface area (Å²) >= 11 is 0. The lowest BCUT2D eigenvalue weighted by atomic mass is 10.1. The molecule has 0 spiro atoms. The van der Waals surface area contributed by atoms with Gasteiger partial charge in [0.15, 0.2) is 0 Å². The molecule has 2 N–H and O–H groups in total. The summed E-state index contributed by atoms with van der Waals surface area (Å²) in [5, 5.41) is 10.4. The molecular weight excluding hydrogens is 148 g/mol. The van der Waals surface area contributed by atoms with E-state index in [1.807, 2.05) is 7.05 Å². The van der Waals surface area contributed by atoms with Crippen LogP contribution in [0, 0.1) is 17.8 Å². The molecule has 0 aromatic carbocycles. The molecule has 12 heavy (non-hydrogen) atoms. The minimum absolute atomic E-state index is 0.717. The minimum atomic E-state index is 0.717. The van der Waals surface area contributed by atoms with Crippen LogP contribution in [0.25, 0.3) is 0 Å². The highest BCUT2D eigenvalue weighted by atomic mass is 14.8. The Morgan fingerprint density at radius 3 is 2.75 bits per heavy atom. The van der Waals surface area contributed by atoms with Crippen LogP contribution in [0.3, 0.4) is 0 Å². The zero-order valence-electron chi connectivity index (χ0n) is 7.82. The Morgan fingerprint density at radius 1 is 1.42 bits per heavy atom. The van der Waals surface area contributed by atoms with Crippen molar-refractivity contribution in [3.8, 4) is 12.3 Å². The van der Waals surface area contributed by atoms with Crippen LogP contribution < -0.4 is 5.32 Å². The summed E-state index contributed by atoms with van der Waals surface area (Å²) in [6.45, 7) is 0.717. The van der Waals surface area contributed by atoms with Gasteiger partial charge in [-0.3, -0.25) is 0 Å². The quantitative estimate of drug-likeness (QED) is 0.338. The molecule has 0 saturated heterocycles. The van der Waals surface area contributed by atoms with Crippen LogP contribution in [0.1, 0.15) is 32.1 Å². The fraction of sp³-hybridized carbons (Fsp3) is 0.700. The van der Waals surface area contributed by atoms with Gasteiger partial charge in [0.05, 0.1) is 0 Å². The van der Waals surface area contributed by atoms with Gasteiger partial charge in [0, 0.05) is 18.7 Å². The fourth-order valence-electron chi connectivity index (χ4n) is 1.04. The van der Waals surface area contributed by atoms with Gasteiger partial charge < -0.3 is 10.7 Å². The van der Waals surface area contributed by atoms with E-state index < -0.39 is 0 Å². The Labute approximate surface area is 75.3 Å². The Kier molecular flexibility index (Phi) is 7.73. The van der Waals surface area contributed by atoms with Gasteiger partial charge in [-0.2, -0.15) is 0 Å². The second-order valence-corrected chi connectivity index (χ2v) is 2.90. The van der Waals surface area contributed by atoms with Crippen LogP contribution in [-0.2, 0) is 0 Å². The van der Waals surface area contributed by atoms with Crippen molar-refractivity contribution in [1.82, 2.24) is 5.32 Å². The summed E-state index contributed by atoms with van der Waals surface area (Å²) < 4.78 is 0. The number of rotatable bonds is 7. The summed E-state index contributed by atoms with van der Waals surface area (Å²) in [6.07, 6.45) is 10.2. The van der Waals surface area contributed by atoms with E-state index >= 15 is 0 Å². The molecule has 2 nitrogen and oxygen atoms in total. The molecular formula is C10H18N2. The third-order valence-electron chi connectivity index (χ3n) is 1.69. The third-order valence-corrected chi connectivity index (χ3v) is 1.69. The van der Waals surface area contributed by atoms with Crippen molar-refractivity contribution in [2.45, 2.75) is 32.1 Å². The van der Waals surface area contributed by atoms with Crippen molar-refractivity contribution in [2.24, 2.45) is 0 Å². The van der Waals surface area contributed by atoms with Crippen molar-refractivity contribution >= 4 is 5.71 Å². The molecule has 0 unspecified atom stereocenters. The van der Waals surface area contributed by atoms with Crippen LogP contribution in [-0.4, -0.2) is 19.3 Å². The van der Waals surface area contributed by atoms with E-state index in [4.69, 9.17) is 11.8 Å². The Morgan fingerprint density at radius 2 is 2.17 bits per heavy atom. The van der Waals surface area contributed by atoms with Gasteiger partial charge >= 0.3 is 0 Å². The lowest BCUT2D eigenvalue weighted by Gasteiger charge is -2.01. The van der Waals surface area contributed by atoms with E-state index in [1.54, 1.807) is 0 Å². The molecule has 0 aromatic rings. The Bertz CT molecular complexity index is 156. The maximum atomic E-state index is 7.47. The lowest BCUT2D eigenvalue weighted by molar-refractivity contribution is 0.706. The van der Waals surface area contributed by atoms with Crippen molar-refractivity contribution in [3.63, 3.8) is 0 Å². The van der Waals surface area contributed by atoms with Crippen molar-refractivity contribution < 1.29 is 0 Å². The van der Waals surface area contributed by atoms with E-state index in [-0.39, 0.29) is 0 Å². The molecule has 0 aliphatic carbocycles. The zero-order chi connectivity index (χ0) is 9.23. The summed E-state index contributed by atoms with van der Waals surface area (Å²) in [5.41, 5.74) is 0.790. The van der Waals surface area contributed by atoms with Crippen LogP contribution in [0.2, 0.25) is 0 Å². The van der Waals surface area contributed by atoms with E-state index in [9.17, 15) is 0 Å². The summed E-state index contributed by atoms with van der Waals surface area (Å²) in [5.74, 6) is 2.61. The molecule has 2 heteroatoms. The maximum Gasteiger partial charge on any atom is 0.0330 e. The molecule has 0 saturated carbocycles. The monoisotopic (exact) mass is 166 g/mol. The first-order valence-electron chi connectivity index (χ1n) is 4.45. The number of nitrogens with one attached hydrogen (secondary N) is 2. The first-order chi connectivity index (χ1) is 5.81. The van der Waals surface area contributed by atoms with E-state index in [0.29, 0.717) is 0 Å². The molecule has 0 radical (unpaired) electrons. The molecule has 68 valence electrons. The van der Waals surface area contributed by atoms with Gasteiger partial charge in [-0.25, -0.2) is 0 Å². The van der Waals surface area contributed by atoms with Crippen LogP contribution in [0.15, 0.2) is 0 Å². The second-order valence-electron chi connectivity index (χ2n) is 2.90. The maximum absolute atomic E-state index is 7.47. The van der Waals surface area contributed by atoms with Crippen molar-refractivity contribution in [3.05, 3.63) is 0 Å². The number of hydrogen-bond acceptors (Lipinski definition) is 2. The predicted octanol–water partition coefficient (Wildman–Crippen LogP) is 1.81. The third kappa shape index (κ3) is 7.30. The molecule has 0 aliphatic rings. The zero-order valence-corrected chi connectivity index (χ0v) is 7.82. The number of terminal acetylenes is 1. The topological polar surface area (TPSA) is 35.9 Å². The second kappa shape index (κ2) is 8.29. The molecule has 0 aromatic heterocycles. The van der Waals surface area contributed by atoms with Crippen LogP contribution in [0.5, 0.6) is 0 Å². The van der Waals surface area contributed by atoms with Crippen LogP contribution >= 0.6 is 0 Å². The normalized spacial score (nSPS) is 9.33. The summed E-state index contributed by atoms with van der Waals surface area (Å²) in [6, 6.07) is 0. The van der Waals surface area contributed by atoms with E-state index in [2.05, 4.69) is 11.2 Å². The first-order valence-corrected chi connectivity index (χ1v) is 4.45. The molecule has 0 bridgehead atoms. The van der Waals surface area contributed by atoms with E-state index in [1.165, 1.54) is 0 Å². The smallest absolute Gasteiger partial charge is 0.0330 e. The first kappa shape index (κ1) is 11.2. The van der Waals surface area contributed by atoms with E-state index in [0.717, 1.165) is 44.4 Å². The largest absolute Gasteiger partial charge is 0.315 e. The predicted molar refractivity (Wildman–Crippen MR) is 53.6 cm³/mol. The fourth-order valence-corrected chi connectivity index (χ4v) is 1.04. The summed E-state index contributed by atoms with van der Waals surface area (Å²) in [4.78, 5) is 0. The van der Waals surface area contributed by atoms with Gasteiger partial charge in [0.25, 0.3) is 0 Å². The van der Waals surface area contributed by atoms with Crippen molar-refractivity contribution in [1.29, 1.82) is 5.41 Å². The average Bonchev–Trinajstić information content (AvgIpc) is 2.05. The Hall–Kier alpha value is -0.810. The molecule has 0 rings (SSSR count). The molecule has 0 atom stereocenters. The standard InChI is InChI=1S/C10H18N2/c1-3-4-5-6-7-8-10(11)9-12-2/h1,11-12H,4-9H2,2H3. The number of hydrogen-bond donors (Lipinski definition) is 2. The van der Waals surface area contributed by atoms with Gasteiger partial charge in [0.1, 0.15) is 0 Å². The van der Waals surface area contributed by atoms with Crippen LogP contribution in [0.4, 0.5) is 0 Å². The summed E-state index contributed by atoms with van der Waals surface area (Å²) in [7, 11) is 1.87. The van der Waals surface area contributed by atoms with Gasteiger partial charge in [-0.15, -0.1) is 12.3 Å². The molecule has 0 amide bonds. The molecule has 0 fully saturated rings. The highest BCUT2D eigenvalue weighted by Gasteiger charge is 1.94. The number of unbranched alkanes of at least 4 members (excludes halogenated alkanes) is 3. The van der Waals surface area contributed by atoms with Gasteiger partial charge in [-0.1, -0.05) is 6.42 Å². The van der Waals surface area contributed by atoms with Gasteiger partial charge in [-0.05, 0) is 26.3 Å². The lowest BCUT2D eigenvalue weighted by Crippen LogP contribution is -2.17. The average molecular weight is 166 g/mol. The minimum Gasteiger partial charge on any atom is -0.315 e. The molecule has 0 heterocycles. The molecule has 0 aliphatic heterocycles. The highest BCUT2D eigenvalue weighted by molar-refractivity contribution is 5.83. The Balaban J connectivity index is 3.09. The van der Waals surface area contributed by atoms with Gasteiger partial charge in [0.2, 0.25) is 0 Å². The SMILES string of the molecule is C#CCCCCCC(=N)CNC. The highest BCUT2D eigenvalue weighted by Crippen LogP contribution is 2.02. The van der Waals surface area contributed by atoms with Crippen molar-refractivity contribution in [2.75, 3.05) is 13.6 Å².